The van der Waals surface area contributed by atoms with Gasteiger partial charge >= 0.3 is 5.97 Å². The highest BCUT2D eigenvalue weighted by molar-refractivity contribution is 5.96. The smallest absolute Gasteiger partial charge is 0.311 e. The Labute approximate surface area is 94.2 Å². The fourth-order valence-electron chi connectivity index (χ4n) is 1.37. The maximum absolute atomic E-state index is 11.1. The van der Waals surface area contributed by atoms with E-state index in [0.29, 0.717) is 12.8 Å². The van der Waals surface area contributed by atoms with Crippen LogP contribution in [-0.2, 0) is 14.4 Å². The molecule has 92 valence electrons. The zero-order chi connectivity index (χ0) is 12.8. The van der Waals surface area contributed by atoms with E-state index < -0.39 is 29.6 Å². The summed E-state index contributed by atoms with van der Waals surface area (Å²) in [6.45, 7) is 3.51. The first-order chi connectivity index (χ1) is 7.38. The lowest BCUT2D eigenvalue weighted by molar-refractivity contribution is -0.149. The van der Waals surface area contributed by atoms with Gasteiger partial charge in [-0.25, -0.2) is 0 Å². The summed E-state index contributed by atoms with van der Waals surface area (Å²) in [5, 5.41) is 11.5. The molecular formula is C10H18N2O4. The maximum Gasteiger partial charge on any atom is 0.311 e. The number of aliphatic carboxylic acids is 1. The third-order valence-corrected chi connectivity index (χ3v) is 2.77. The summed E-state index contributed by atoms with van der Waals surface area (Å²) < 4.78 is 0. The van der Waals surface area contributed by atoms with Crippen LogP contribution in [0, 0.1) is 5.41 Å². The molecule has 6 nitrogen and oxygen atoms in total. The first-order valence-electron chi connectivity index (χ1n) is 5.16. The Kier molecular flexibility index (Phi) is 5.49. The molecule has 0 rings (SSSR count). The molecule has 6 heteroatoms. The predicted octanol–water partition coefficient (Wildman–Crippen LogP) is -0.131. The molecule has 0 aromatic carbocycles. The first kappa shape index (κ1) is 14.4. The Bertz CT molecular complexity index is 285. The zero-order valence-corrected chi connectivity index (χ0v) is 9.58. The average Bonchev–Trinajstić information content (AvgIpc) is 2.18. The van der Waals surface area contributed by atoms with E-state index in [1.54, 1.807) is 13.8 Å². The van der Waals surface area contributed by atoms with Crippen molar-refractivity contribution in [3.63, 3.8) is 0 Å². The lowest BCUT2D eigenvalue weighted by atomic mass is 9.82. The van der Waals surface area contributed by atoms with Crippen molar-refractivity contribution < 1.29 is 19.5 Å². The summed E-state index contributed by atoms with van der Waals surface area (Å²) >= 11 is 0. The molecule has 16 heavy (non-hydrogen) atoms. The summed E-state index contributed by atoms with van der Waals surface area (Å²) in [7, 11) is 0. The van der Waals surface area contributed by atoms with Crippen LogP contribution >= 0.6 is 0 Å². The highest BCUT2D eigenvalue weighted by atomic mass is 16.4. The molecule has 0 bridgehead atoms. The van der Waals surface area contributed by atoms with Crippen LogP contribution in [0.2, 0.25) is 0 Å². The standard InChI is InChI=1S/C10H18N2O4/c1-3-10(4-2,9(15)16)6-12-8(14)5-7(11)13/h3-6H2,1-2H3,(H2,11,13)(H,12,14)(H,15,16). The Balaban J connectivity index is 4.38. The Hall–Kier alpha value is -1.59. The van der Waals surface area contributed by atoms with Crippen LogP contribution in [0.15, 0.2) is 0 Å². The quantitative estimate of drug-likeness (QED) is 0.529. The molecular weight excluding hydrogens is 212 g/mol. The number of rotatable bonds is 7. The molecule has 0 aliphatic heterocycles. The SMILES string of the molecule is CCC(CC)(CNC(=O)CC(N)=O)C(=O)O. The Morgan fingerprint density at radius 1 is 1.25 bits per heavy atom. The van der Waals surface area contributed by atoms with Crippen molar-refractivity contribution in [3.8, 4) is 0 Å². The van der Waals surface area contributed by atoms with Crippen LogP contribution in [-0.4, -0.2) is 29.4 Å². The Morgan fingerprint density at radius 2 is 1.75 bits per heavy atom. The van der Waals surface area contributed by atoms with Gasteiger partial charge < -0.3 is 16.2 Å². The second-order valence-electron chi connectivity index (χ2n) is 3.71. The largest absolute Gasteiger partial charge is 0.481 e. The van der Waals surface area contributed by atoms with Crippen LogP contribution in [0.25, 0.3) is 0 Å². The third-order valence-electron chi connectivity index (χ3n) is 2.77. The lowest BCUT2D eigenvalue weighted by Gasteiger charge is -2.26. The number of carbonyl (C=O) groups is 3. The van der Waals surface area contributed by atoms with E-state index in [1.165, 1.54) is 0 Å². The lowest BCUT2D eigenvalue weighted by Crippen LogP contribution is -2.43. The fraction of sp³-hybridized carbons (Fsp3) is 0.700. The number of carbonyl (C=O) groups excluding carboxylic acids is 2. The van der Waals surface area contributed by atoms with E-state index >= 15 is 0 Å². The number of hydrogen-bond acceptors (Lipinski definition) is 3. The van der Waals surface area contributed by atoms with Crippen molar-refractivity contribution >= 4 is 17.8 Å². The molecule has 0 spiro atoms. The van der Waals surface area contributed by atoms with Crippen LogP contribution < -0.4 is 11.1 Å². The topological polar surface area (TPSA) is 109 Å². The highest BCUT2D eigenvalue weighted by Crippen LogP contribution is 2.25. The summed E-state index contributed by atoms with van der Waals surface area (Å²) in [5.41, 5.74) is 3.88. The van der Waals surface area contributed by atoms with Gasteiger partial charge in [-0.2, -0.15) is 0 Å². The van der Waals surface area contributed by atoms with Gasteiger partial charge in [0.05, 0.1) is 5.41 Å². The molecule has 2 amide bonds. The van der Waals surface area contributed by atoms with Gasteiger partial charge in [0.1, 0.15) is 6.42 Å². The van der Waals surface area contributed by atoms with Gasteiger partial charge in [0.2, 0.25) is 11.8 Å². The van der Waals surface area contributed by atoms with Gasteiger partial charge in [-0.05, 0) is 12.8 Å². The molecule has 4 N–H and O–H groups in total. The minimum atomic E-state index is -0.965. The van der Waals surface area contributed by atoms with Crippen molar-refractivity contribution in [2.45, 2.75) is 33.1 Å². The molecule has 0 saturated heterocycles. The molecule has 0 aliphatic rings. The third kappa shape index (κ3) is 3.88. The molecule has 0 unspecified atom stereocenters. The molecule has 0 heterocycles. The van der Waals surface area contributed by atoms with Crippen LogP contribution in [0.5, 0.6) is 0 Å². The minimum absolute atomic E-state index is 0.0153. The summed E-state index contributed by atoms with van der Waals surface area (Å²) in [5.74, 6) is -2.22. The molecule has 0 aliphatic carbocycles. The molecule has 0 fully saturated rings. The zero-order valence-electron chi connectivity index (χ0n) is 9.58. The van der Waals surface area contributed by atoms with Gasteiger partial charge in [0.15, 0.2) is 0 Å². The second-order valence-corrected chi connectivity index (χ2v) is 3.71. The average molecular weight is 230 g/mol. The number of nitrogens with one attached hydrogen (secondary N) is 1. The van der Waals surface area contributed by atoms with Gasteiger partial charge in [0.25, 0.3) is 0 Å². The van der Waals surface area contributed by atoms with Crippen molar-refractivity contribution in [1.82, 2.24) is 5.32 Å². The van der Waals surface area contributed by atoms with Crippen LogP contribution in [0.3, 0.4) is 0 Å². The normalized spacial score (nSPS) is 10.9. The molecule has 0 saturated carbocycles. The monoisotopic (exact) mass is 230 g/mol. The van der Waals surface area contributed by atoms with Crippen molar-refractivity contribution in [2.75, 3.05) is 6.54 Å². The summed E-state index contributed by atoms with van der Waals surface area (Å²) in [6, 6.07) is 0. The van der Waals surface area contributed by atoms with Gasteiger partial charge in [-0.1, -0.05) is 13.8 Å². The van der Waals surface area contributed by atoms with Crippen LogP contribution in [0.4, 0.5) is 0 Å². The van der Waals surface area contributed by atoms with E-state index in [-0.39, 0.29) is 6.54 Å². The van der Waals surface area contributed by atoms with E-state index in [9.17, 15) is 14.4 Å². The van der Waals surface area contributed by atoms with E-state index in [4.69, 9.17) is 10.8 Å². The van der Waals surface area contributed by atoms with E-state index in [0.717, 1.165) is 0 Å². The number of carboxylic acid groups (broad SMARTS) is 1. The van der Waals surface area contributed by atoms with Crippen molar-refractivity contribution in [3.05, 3.63) is 0 Å². The molecule has 0 aromatic heterocycles. The first-order valence-corrected chi connectivity index (χ1v) is 5.16. The fourth-order valence-corrected chi connectivity index (χ4v) is 1.37. The number of amides is 2. The van der Waals surface area contributed by atoms with Crippen molar-refractivity contribution in [1.29, 1.82) is 0 Å². The van der Waals surface area contributed by atoms with Gasteiger partial charge in [0, 0.05) is 6.54 Å². The minimum Gasteiger partial charge on any atom is -0.481 e. The molecule has 0 radical (unpaired) electrons. The van der Waals surface area contributed by atoms with Crippen molar-refractivity contribution in [2.24, 2.45) is 11.1 Å². The highest BCUT2D eigenvalue weighted by Gasteiger charge is 2.35. The number of primary amides is 1. The second kappa shape index (κ2) is 6.09. The van der Waals surface area contributed by atoms with E-state index in [1.807, 2.05) is 0 Å². The molecule has 0 atom stereocenters. The van der Waals surface area contributed by atoms with Crippen LogP contribution in [0.1, 0.15) is 33.1 Å². The summed E-state index contributed by atoms with van der Waals surface area (Å²) in [4.78, 5) is 32.7. The summed E-state index contributed by atoms with van der Waals surface area (Å²) in [6.07, 6.45) is 0.411. The van der Waals surface area contributed by atoms with Gasteiger partial charge in [-0.3, -0.25) is 14.4 Å². The van der Waals surface area contributed by atoms with E-state index in [2.05, 4.69) is 5.32 Å². The number of nitrogens with two attached hydrogens (primary N) is 1. The van der Waals surface area contributed by atoms with Gasteiger partial charge in [-0.15, -0.1) is 0 Å². The maximum atomic E-state index is 11.1. The number of carboxylic acids is 1. The molecule has 0 aromatic rings. The predicted molar refractivity (Wildman–Crippen MR) is 57.5 cm³/mol. The number of hydrogen-bond donors (Lipinski definition) is 3. The Morgan fingerprint density at radius 3 is 2.06 bits per heavy atom.